The maximum absolute atomic E-state index is 12.6. The van der Waals surface area contributed by atoms with E-state index in [1.807, 2.05) is 22.6 Å². The second-order valence-corrected chi connectivity index (χ2v) is 7.01. The molecule has 0 bridgehead atoms. The van der Waals surface area contributed by atoms with Crippen LogP contribution in [0.25, 0.3) is 0 Å². The van der Waals surface area contributed by atoms with Gasteiger partial charge in [0.15, 0.2) is 0 Å². The highest BCUT2D eigenvalue weighted by atomic mass is 32.2. The van der Waals surface area contributed by atoms with Crippen LogP contribution in [0.15, 0.2) is 29.2 Å². The highest BCUT2D eigenvalue weighted by Crippen LogP contribution is 2.25. The van der Waals surface area contributed by atoms with E-state index in [9.17, 15) is 4.79 Å². The minimum Gasteiger partial charge on any atom is -0.320 e. The van der Waals surface area contributed by atoms with E-state index in [0.717, 1.165) is 37.4 Å². The maximum Gasteiger partial charge on any atom is 0.323 e. The predicted molar refractivity (Wildman–Crippen MR) is 98.6 cm³/mol. The lowest BCUT2D eigenvalue weighted by atomic mass is 10.0. The van der Waals surface area contributed by atoms with Crippen LogP contribution in [0, 0.1) is 6.92 Å². The Morgan fingerprint density at radius 3 is 2.92 bits per heavy atom. The van der Waals surface area contributed by atoms with E-state index in [-0.39, 0.29) is 6.03 Å². The van der Waals surface area contributed by atoms with Gasteiger partial charge < -0.3 is 4.90 Å². The van der Waals surface area contributed by atoms with Gasteiger partial charge in [-0.15, -0.1) is 11.8 Å². The molecule has 128 valence electrons. The third kappa shape index (κ3) is 3.59. The third-order valence-corrected chi connectivity index (χ3v) is 5.01. The van der Waals surface area contributed by atoms with Gasteiger partial charge in [-0.3, -0.25) is 5.32 Å². The summed E-state index contributed by atoms with van der Waals surface area (Å²) < 4.78 is 1.87. The van der Waals surface area contributed by atoms with Gasteiger partial charge >= 0.3 is 6.03 Å². The van der Waals surface area contributed by atoms with Gasteiger partial charge in [0, 0.05) is 30.6 Å². The summed E-state index contributed by atoms with van der Waals surface area (Å²) in [5, 5.41) is 7.46. The summed E-state index contributed by atoms with van der Waals surface area (Å²) in [5.41, 5.74) is 3.53. The number of hydrogen-bond donors (Lipinski definition) is 1. The average Bonchev–Trinajstić information content (AvgIpc) is 2.93. The van der Waals surface area contributed by atoms with Gasteiger partial charge in [-0.05, 0) is 49.3 Å². The van der Waals surface area contributed by atoms with Crippen molar-refractivity contribution in [2.45, 2.75) is 44.7 Å². The number of anilines is 1. The second kappa shape index (κ2) is 7.30. The Hall–Kier alpha value is -1.95. The van der Waals surface area contributed by atoms with Crippen molar-refractivity contribution < 1.29 is 4.79 Å². The number of carbonyl (C=O) groups excluding carboxylic acids is 1. The molecular weight excluding hydrogens is 320 g/mol. The fourth-order valence-corrected chi connectivity index (χ4v) is 3.51. The zero-order valence-electron chi connectivity index (χ0n) is 14.5. The molecule has 3 rings (SSSR count). The predicted octanol–water partition coefficient (Wildman–Crippen LogP) is 3.91. The van der Waals surface area contributed by atoms with Crippen LogP contribution in [0.1, 0.15) is 30.2 Å². The minimum absolute atomic E-state index is 0.0492. The first-order valence-electron chi connectivity index (χ1n) is 8.37. The van der Waals surface area contributed by atoms with E-state index in [1.165, 1.54) is 16.0 Å². The van der Waals surface area contributed by atoms with Gasteiger partial charge in [-0.2, -0.15) is 5.10 Å². The van der Waals surface area contributed by atoms with E-state index in [4.69, 9.17) is 0 Å². The lowest BCUT2D eigenvalue weighted by molar-refractivity contribution is 0.206. The van der Waals surface area contributed by atoms with Crippen molar-refractivity contribution in [1.82, 2.24) is 14.7 Å². The number of aryl methyl sites for hydroxylation is 2. The molecule has 1 N–H and O–H groups in total. The molecule has 1 aliphatic rings. The van der Waals surface area contributed by atoms with Crippen molar-refractivity contribution in [3.8, 4) is 0 Å². The van der Waals surface area contributed by atoms with E-state index < -0.39 is 0 Å². The SMILES string of the molecule is CCCn1nc(C)cc1NC(=O)N1CCc2cc(SC)ccc2C1. The Morgan fingerprint density at radius 1 is 1.33 bits per heavy atom. The number of thioether (sulfide) groups is 1. The van der Waals surface area contributed by atoms with Crippen LogP contribution < -0.4 is 5.32 Å². The molecule has 5 nitrogen and oxygen atoms in total. The van der Waals surface area contributed by atoms with Crippen molar-refractivity contribution in [2.75, 3.05) is 18.1 Å². The molecule has 2 aromatic rings. The lowest BCUT2D eigenvalue weighted by Crippen LogP contribution is -2.39. The standard InChI is InChI=1S/C18H24N4OS/c1-4-8-22-17(10-13(2)20-22)19-18(23)21-9-7-14-11-16(24-3)6-5-15(14)12-21/h5-6,10-11H,4,7-9,12H2,1-3H3,(H,19,23). The average molecular weight is 344 g/mol. The van der Waals surface area contributed by atoms with Crippen molar-refractivity contribution in [2.24, 2.45) is 0 Å². The van der Waals surface area contributed by atoms with Crippen LogP contribution in [-0.4, -0.2) is 33.5 Å². The van der Waals surface area contributed by atoms with Crippen molar-refractivity contribution in [3.05, 3.63) is 41.1 Å². The Labute approximate surface area is 147 Å². The van der Waals surface area contributed by atoms with Crippen molar-refractivity contribution >= 4 is 23.6 Å². The summed E-state index contributed by atoms with van der Waals surface area (Å²) in [6.07, 6.45) is 3.98. The zero-order valence-corrected chi connectivity index (χ0v) is 15.3. The van der Waals surface area contributed by atoms with Crippen LogP contribution in [0.4, 0.5) is 10.6 Å². The highest BCUT2D eigenvalue weighted by molar-refractivity contribution is 7.98. The molecule has 6 heteroatoms. The zero-order chi connectivity index (χ0) is 17.1. The van der Waals surface area contributed by atoms with Crippen LogP contribution in [-0.2, 0) is 19.5 Å². The lowest BCUT2D eigenvalue weighted by Gasteiger charge is -2.29. The highest BCUT2D eigenvalue weighted by Gasteiger charge is 2.22. The molecule has 1 aromatic carbocycles. The van der Waals surface area contributed by atoms with E-state index in [1.54, 1.807) is 11.8 Å². The van der Waals surface area contributed by atoms with Crippen LogP contribution in [0.2, 0.25) is 0 Å². The van der Waals surface area contributed by atoms with Gasteiger partial charge in [0.1, 0.15) is 5.82 Å². The van der Waals surface area contributed by atoms with Crippen molar-refractivity contribution in [1.29, 1.82) is 0 Å². The summed E-state index contributed by atoms with van der Waals surface area (Å²) in [5.74, 6) is 0.780. The number of fused-ring (bicyclic) bond motifs is 1. The Morgan fingerprint density at radius 2 is 2.17 bits per heavy atom. The molecule has 0 fully saturated rings. The Balaban J connectivity index is 1.70. The monoisotopic (exact) mass is 344 g/mol. The van der Waals surface area contributed by atoms with Gasteiger partial charge in [-0.1, -0.05) is 13.0 Å². The van der Waals surface area contributed by atoms with Crippen LogP contribution in [0.3, 0.4) is 0 Å². The summed E-state index contributed by atoms with van der Waals surface area (Å²) in [6.45, 7) is 6.27. The first kappa shape index (κ1) is 16.9. The smallest absolute Gasteiger partial charge is 0.320 e. The number of amides is 2. The van der Waals surface area contributed by atoms with Gasteiger partial charge in [0.25, 0.3) is 0 Å². The molecule has 24 heavy (non-hydrogen) atoms. The molecular formula is C18H24N4OS. The molecule has 0 saturated carbocycles. The van der Waals surface area contributed by atoms with E-state index >= 15 is 0 Å². The Bertz CT molecular complexity index is 741. The largest absolute Gasteiger partial charge is 0.323 e. The first-order chi connectivity index (χ1) is 11.6. The van der Waals surface area contributed by atoms with Crippen LogP contribution >= 0.6 is 11.8 Å². The topological polar surface area (TPSA) is 50.2 Å². The molecule has 1 aliphatic heterocycles. The summed E-state index contributed by atoms with van der Waals surface area (Å²) in [7, 11) is 0. The van der Waals surface area contributed by atoms with E-state index in [0.29, 0.717) is 6.54 Å². The fraction of sp³-hybridized carbons (Fsp3) is 0.444. The number of hydrogen-bond acceptors (Lipinski definition) is 3. The quantitative estimate of drug-likeness (QED) is 0.856. The molecule has 0 spiro atoms. The molecule has 0 atom stereocenters. The molecule has 2 amide bonds. The molecule has 2 heterocycles. The molecule has 0 unspecified atom stereocenters. The van der Waals surface area contributed by atoms with Gasteiger partial charge in [0.2, 0.25) is 0 Å². The number of nitrogens with one attached hydrogen (secondary N) is 1. The summed E-state index contributed by atoms with van der Waals surface area (Å²) in [6, 6.07) is 8.40. The number of urea groups is 1. The second-order valence-electron chi connectivity index (χ2n) is 6.13. The van der Waals surface area contributed by atoms with Crippen LogP contribution in [0.5, 0.6) is 0 Å². The fourth-order valence-electron chi connectivity index (χ4n) is 3.05. The summed E-state index contributed by atoms with van der Waals surface area (Å²) in [4.78, 5) is 15.8. The normalized spacial score (nSPS) is 13.7. The molecule has 0 saturated heterocycles. The summed E-state index contributed by atoms with van der Waals surface area (Å²) >= 11 is 1.76. The molecule has 0 radical (unpaired) electrons. The number of carbonyl (C=O) groups is 1. The van der Waals surface area contributed by atoms with Gasteiger partial charge in [-0.25, -0.2) is 9.48 Å². The number of nitrogens with zero attached hydrogens (tertiary/aromatic N) is 3. The first-order valence-corrected chi connectivity index (χ1v) is 9.59. The minimum atomic E-state index is -0.0492. The molecule has 0 aliphatic carbocycles. The number of rotatable bonds is 4. The molecule has 1 aromatic heterocycles. The number of aromatic nitrogens is 2. The maximum atomic E-state index is 12.6. The van der Waals surface area contributed by atoms with Gasteiger partial charge in [0.05, 0.1) is 5.69 Å². The third-order valence-electron chi connectivity index (χ3n) is 4.29. The van der Waals surface area contributed by atoms with E-state index in [2.05, 4.69) is 41.8 Å². The van der Waals surface area contributed by atoms with Crippen molar-refractivity contribution in [3.63, 3.8) is 0 Å². The number of benzene rings is 1. The Kier molecular flexibility index (Phi) is 5.14.